The lowest BCUT2D eigenvalue weighted by Crippen LogP contribution is -2.48. The van der Waals surface area contributed by atoms with Gasteiger partial charge in [-0.2, -0.15) is 0 Å². The third kappa shape index (κ3) is 3.69. The topological polar surface area (TPSA) is 47.4 Å². The van der Waals surface area contributed by atoms with E-state index < -0.39 is 0 Å². The Bertz CT molecular complexity index is 494. The molecule has 22 heavy (non-hydrogen) atoms. The molecule has 5 nitrogen and oxygen atoms in total. The minimum Gasteiger partial charge on any atom is -0.374 e. The molecule has 0 N–H and O–H groups in total. The van der Waals surface area contributed by atoms with Gasteiger partial charge in [-0.15, -0.1) is 0 Å². The summed E-state index contributed by atoms with van der Waals surface area (Å²) < 4.78 is 7.94. The number of carbonyl (C=O) groups excluding carboxylic acids is 1. The lowest BCUT2D eigenvalue weighted by Gasteiger charge is -2.38. The van der Waals surface area contributed by atoms with Gasteiger partial charge in [-0.1, -0.05) is 19.3 Å². The third-order valence-corrected chi connectivity index (χ3v) is 5.13. The zero-order valence-corrected chi connectivity index (χ0v) is 13.5. The number of aryl methyl sites for hydroxylation is 2. The molecule has 1 unspecified atom stereocenters. The zero-order chi connectivity index (χ0) is 15.4. The number of aromatic nitrogens is 2. The molecule has 3 rings (SSSR count). The highest BCUT2D eigenvalue weighted by molar-refractivity contribution is 5.76. The number of nitrogens with zero attached hydrogens (tertiary/aromatic N) is 3. The molecule has 1 atom stereocenters. The van der Waals surface area contributed by atoms with E-state index in [0.29, 0.717) is 18.9 Å². The van der Waals surface area contributed by atoms with E-state index in [1.807, 2.05) is 22.7 Å². The molecule has 1 aliphatic heterocycles. The van der Waals surface area contributed by atoms with Crippen molar-refractivity contribution in [2.75, 3.05) is 19.7 Å². The molecule has 1 saturated carbocycles. The van der Waals surface area contributed by atoms with Crippen molar-refractivity contribution in [1.29, 1.82) is 0 Å². The van der Waals surface area contributed by atoms with Crippen LogP contribution in [0.25, 0.3) is 0 Å². The normalized spacial score (nSPS) is 23.7. The summed E-state index contributed by atoms with van der Waals surface area (Å²) in [7, 11) is 1.97. The van der Waals surface area contributed by atoms with E-state index in [1.165, 1.54) is 32.1 Å². The lowest BCUT2D eigenvalue weighted by atomic mass is 9.84. The molecule has 2 fully saturated rings. The number of amides is 1. The number of rotatable bonds is 4. The second-order valence-corrected chi connectivity index (χ2v) is 6.64. The fourth-order valence-corrected chi connectivity index (χ4v) is 3.71. The summed E-state index contributed by atoms with van der Waals surface area (Å²) >= 11 is 0. The fraction of sp³-hybridized carbons (Fsp3) is 0.765. The van der Waals surface area contributed by atoms with Crippen molar-refractivity contribution in [3.05, 3.63) is 18.2 Å². The summed E-state index contributed by atoms with van der Waals surface area (Å²) in [5, 5.41) is 0. The van der Waals surface area contributed by atoms with Crippen LogP contribution in [0.4, 0.5) is 0 Å². The highest BCUT2D eigenvalue weighted by atomic mass is 16.5. The van der Waals surface area contributed by atoms with Gasteiger partial charge in [0.15, 0.2) is 0 Å². The number of imidazole rings is 1. The van der Waals surface area contributed by atoms with Crippen molar-refractivity contribution < 1.29 is 9.53 Å². The molecule has 1 amide bonds. The van der Waals surface area contributed by atoms with Gasteiger partial charge in [-0.25, -0.2) is 4.98 Å². The summed E-state index contributed by atoms with van der Waals surface area (Å²) in [6.07, 6.45) is 11.7. The van der Waals surface area contributed by atoms with Crippen molar-refractivity contribution in [2.45, 2.75) is 51.0 Å². The lowest BCUT2D eigenvalue weighted by molar-refractivity contribution is -0.141. The Hall–Kier alpha value is -1.36. The van der Waals surface area contributed by atoms with Gasteiger partial charge in [0.05, 0.1) is 19.0 Å². The zero-order valence-electron chi connectivity index (χ0n) is 13.5. The first kappa shape index (κ1) is 15.5. The molecule has 122 valence electrons. The van der Waals surface area contributed by atoms with Crippen LogP contribution in [0.3, 0.4) is 0 Å². The number of hydrogen-bond acceptors (Lipinski definition) is 3. The van der Waals surface area contributed by atoms with E-state index in [-0.39, 0.29) is 12.0 Å². The minimum absolute atomic E-state index is 0.255. The summed E-state index contributed by atoms with van der Waals surface area (Å²) in [5.74, 6) is 0.909. The Labute approximate surface area is 132 Å². The van der Waals surface area contributed by atoms with Gasteiger partial charge >= 0.3 is 0 Å². The van der Waals surface area contributed by atoms with Crippen LogP contribution in [0.15, 0.2) is 12.5 Å². The average molecular weight is 305 g/mol. The Kier molecular flexibility index (Phi) is 5.13. The number of morpholine rings is 1. The van der Waals surface area contributed by atoms with Crippen molar-refractivity contribution in [3.63, 3.8) is 0 Å². The van der Waals surface area contributed by atoms with Crippen LogP contribution < -0.4 is 0 Å². The van der Waals surface area contributed by atoms with Crippen molar-refractivity contribution in [2.24, 2.45) is 13.0 Å². The van der Waals surface area contributed by atoms with Crippen LogP contribution in [0.2, 0.25) is 0 Å². The summed E-state index contributed by atoms with van der Waals surface area (Å²) in [6.45, 7) is 2.22. The maximum atomic E-state index is 12.5. The molecule has 1 saturated heterocycles. The Morgan fingerprint density at radius 2 is 2.18 bits per heavy atom. The smallest absolute Gasteiger partial charge is 0.223 e. The molecule has 0 spiro atoms. The predicted octanol–water partition coefficient (Wildman–Crippen LogP) is 2.16. The van der Waals surface area contributed by atoms with Gasteiger partial charge in [0, 0.05) is 38.4 Å². The van der Waals surface area contributed by atoms with E-state index >= 15 is 0 Å². The molecule has 1 aromatic heterocycles. The van der Waals surface area contributed by atoms with E-state index in [1.54, 1.807) is 6.33 Å². The van der Waals surface area contributed by atoms with Crippen LogP contribution in [0, 0.1) is 5.92 Å². The third-order valence-electron chi connectivity index (χ3n) is 5.13. The van der Waals surface area contributed by atoms with E-state index in [0.717, 1.165) is 25.2 Å². The predicted molar refractivity (Wildman–Crippen MR) is 84.4 cm³/mol. The van der Waals surface area contributed by atoms with Gasteiger partial charge in [0.2, 0.25) is 5.91 Å². The van der Waals surface area contributed by atoms with Gasteiger partial charge < -0.3 is 14.2 Å². The van der Waals surface area contributed by atoms with E-state index in [9.17, 15) is 4.79 Å². The second-order valence-electron chi connectivity index (χ2n) is 6.64. The Morgan fingerprint density at radius 1 is 1.36 bits per heavy atom. The Balaban J connectivity index is 1.50. The molecule has 5 heteroatoms. The van der Waals surface area contributed by atoms with E-state index in [4.69, 9.17) is 4.74 Å². The van der Waals surface area contributed by atoms with Crippen LogP contribution in [-0.2, 0) is 23.0 Å². The first-order valence-corrected chi connectivity index (χ1v) is 8.58. The fourth-order valence-electron chi connectivity index (χ4n) is 3.71. The van der Waals surface area contributed by atoms with Crippen molar-refractivity contribution >= 4 is 5.91 Å². The first-order valence-electron chi connectivity index (χ1n) is 8.58. The molecule has 2 aliphatic rings. The van der Waals surface area contributed by atoms with E-state index in [2.05, 4.69) is 4.98 Å². The molecule has 0 bridgehead atoms. The van der Waals surface area contributed by atoms with Crippen molar-refractivity contribution in [3.8, 4) is 0 Å². The largest absolute Gasteiger partial charge is 0.374 e. The van der Waals surface area contributed by atoms with Gasteiger partial charge in [-0.05, 0) is 25.2 Å². The SMILES string of the molecule is Cn1cncc1CCC(=O)N1CCOC(C2CCCCC2)C1. The maximum Gasteiger partial charge on any atom is 0.223 e. The molecular formula is C17H27N3O2. The van der Waals surface area contributed by atoms with Crippen LogP contribution in [0.1, 0.15) is 44.2 Å². The van der Waals surface area contributed by atoms with Crippen LogP contribution in [-0.4, -0.2) is 46.2 Å². The maximum absolute atomic E-state index is 12.5. The number of carbonyl (C=O) groups is 1. The molecule has 0 radical (unpaired) electrons. The van der Waals surface area contributed by atoms with Gasteiger partial charge in [0.1, 0.15) is 0 Å². The monoisotopic (exact) mass is 305 g/mol. The molecule has 2 heterocycles. The summed E-state index contributed by atoms with van der Waals surface area (Å²) in [5.41, 5.74) is 1.12. The van der Waals surface area contributed by atoms with Gasteiger partial charge in [-0.3, -0.25) is 4.79 Å². The van der Waals surface area contributed by atoms with Crippen LogP contribution in [0.5, 0.6) is 0 Å². The highest BCUT2D eigenvalue weighted by Crippen LogP contribution is 2.29. The minimum atomic E-state index is 0.255. The molecule has 1 aliphatic carbocycles. The summed E-state index contributed by atoms with van der Waals surface area (Å²) in [6, 6.07) is 0. The van der Waals surface area contributed by atoms with Crippen molar-refractivity contribution in [1.82, 2.24) is 14.5 Å². The molecule has 0 aromatic carbocycles. The molecular weight excluding hydrogens is 278 g/mol. The second kappa shape index (κ2) is 7.27. The standard InChI is InChI=1S/C17H27N3O2/c1-19-13-18-11-15(19)7-8-17(21)20-9-10-22-16(12-20)14-5-3-2-4-6-14/h11,13-14,16H,2-10,12H2,1H3. The van der Waals surface area contributed by atoms with Gasteiger partial charge in [0.25, 0.3) is 0 Å². The number of ether oxygens (including phenoxy) is 1. The first-order chi connectivity index (χ1) is 10.7. The number of hydrogen-bond donors (Lipinski definition) is 0. The quantitative estimate of drug-likeness (QED) is 0.856. The Morgan fingerprint density at radius 3 is 2.91 bits per heavy atom. The highest BCUT2D eigenvalue weighted by Gasteiger charge is 2.30. The van der Waals surface area contributed by atoms with Crippen LogP contribution >= 0.6 is 0 Å². The average Bonchev–Trinajstić information content (AvgIpc) is 2.99. The molecule has 1 aromatic rings. The summed E-state index contributed by atoms with van der Waals surface area (Å²) in [4.78, 5) is 18.6.